The van der Waals surface area contributed by atoms with Crippen LogP contribution in [0.15, 0.2) is 12.3 Å². The smallest absolute Gasteiger partial charge is 0.172 e. The van der Waals surface area contributed by atoms with Crippen LogP contribution in [0.1, 0.15) is 26.5 Å². The first-order chi connectivity index (χ1) is 9.84. The van der Waals surface area contributed by atoms with Crippen LogP contribution in [0, 0.1) is 0 Å². The number of rotatable bonds is 5. The van der Waals surface area contributed by atoms with E-state index in [-0.39, 0.29) is 0 Å². The Morgan fingerprint density at radius 3 is 2.57 bits per heavy atom. The number of hydrogen-bond acceptors (Lipinski definition) is 6. The van der Waals surface area contributed by atoms with Crippen LogP contribution in [-0.2, 0) is 6.42 Å². The van der Waals surface area contributed by atoms with E-state index in [4.69, 9.17) is 0 Å². The summed E-state index contributed by atoms with van der Waals surface area (Å²) in [5.74, 6) is 1.55. The van der Waals surface area contributed by atoms with Crippen LogP contribution in [0.25, 0.3) is 11.0 Å². The molecule has 0 radical (unpaired) electrons. The van der Waals surface area contributed by atoms with E-state index in [0.717, 1.165) is 34.9 Å². The Kier molecular flexibility index (Phi) is 4.27. The lowest BCUT2D eigenvalue weighted by atomic mass is 10.0. The maximum absolute atomic E-state index is 9.91. The molecule has 0 bridgehead atoms. The molecule has 0 atom stereocenters. The number of aliphatic hydroxyl groups is 1. The maximum atomic E-state index is 9.91. The van der Waals surface area contributed by atoms with Gasteiger partial charge in [-0.05, 0) is 26.8 Å². The normalized spacial score (nSPS) is 11.7. The SMILES string of the molecule is CCN(C)c1nc2cc(CC(C)(C)O)ncc2nc1NC. The van der Waals surface area contributed by atoms with E-state index in [1.807, 2.05) is 25.1 Å². The van der Waals surface area contributed by atoms with Crippen LogP contribution in [0.5, 0.6) is 0 Å². The molecule has 21 heavy (non-hydrogen) atoms. The molecule has 0 aliphatic rings. The standard InChI is InChI=1S/C15H23N5O/c1-6-20(5)14-13(16-4)18-12-9-17-10(7-11(12)19-14)8-15(2,3)21/h7,9,21H,6,8H2,1-5H3,(H,16,18). The molecule has 6 heteroatoms. The van der Waals surface area contributed by atoms with E-state index in [9.17, 15) is 5.11 Å². The highest BCUT2D eigenvalue weighted by molar-refractivity contribution is 5.80. The van der Waals surface area contributed by atoms with Crippen molar-refractivity contribution in [3.8, 4) is 0 Å². The van der Waals surface area contributed by atoms with Crippen molar-refractivity contribution in [2.24, 2.45) is 0 Å². The van der Waals surface area contributed by atoms with Crippen molar-refractivity contribution in [2.45, 2.75) is 32.8 Å². The van der Waals surface area contributed by atoms with Crippen LogP contribution in [0.2, 0.25) is 0 Å². The summed E-state index contributed by atoms with van der Waals surface area (Å²) < 4.78 is 0. The average Bonchev–Trinajstić information content (AvgIpc) is 2.43. The average molecular weight is 289 g/mol. The molecular weight excluding hydrogens is 266 g/mol. The molecule has 0 amide bonds. The molecular formula is C15H23N5O. The zero-order valence-electron chi connectivity index (χ0n) is 13.3. The number of hydrogen-bond donors (Lipinski definition) is 2. The lowest BCUT2D eigenvalue weighted by Gasteiger charge is -2.19. The third kappa shape index (κ3) is 3.58. The third-order valence-corrected chi connectivity index (χ3v) is 3.28. The molecule has 114 valence electrons. The molecule has 0 spiro atoms. The van der Waals surface area contributed by atoms with Crippen LogP contribution in [-0.4, -0.2) is 46.3 Å². The van der Waals surface area contributed by atoms with Gasteiger partial charge in [-0.2, -0.15) is 0 Å². The number of pyridine rings is 1. The Hall–Kier alpha value is -1.95. The van der Waals surface area contributed by atoms with Crippen LogP contribution in [0.4, 0.5) is 11.6 Å². The largest absolute Gasteiger partial charge is 0.390 e. The summed E-state index contributed by atoms with van der Waals surface area (Å²) in [7, 11) is 3.81. The molecule has 0 aliphatic heterocycles. The molecule has 0 aromatic carbocycles. The molecule has 0 saturated heterocycles. The van der Waals surface area contributed by atoms with Gasteiger partial charge in [0, 0.05) is 32.8 Å². The lowest BCUT2D eigenvalue weighted by Crippen LogP contribution is -2.22. The van der Waals surface area contributed by atoms with Crippen LogP contribution >= 0.6 is 0 Å². The molecule has 0 saturated carbocycles. The van der Waals surface area contributed by atoms with E-state index in [2.05, 4.69) is 27.2 Å². The van der Waals surface area contributed by atoms with E-state index in [1.54, 1.807) is 20.0 Å². The summed E-state index contributed by atoms with van der Waals surface area (Å²) in [5.41, 5.74) is 1.56. The molecule has 0 unspecified atom stereocenters. The fourth-order valence-electron chi connectivity index (χ4n) is 2.12. The molecule has 2 heterocycles. The summed E-state index contributed by atoms with van der Waals surface area (Å²) >= 11 is 0. The number of aromatic nitrogens is 3. The lowest BCUT2D eigenvalue weighted by molar-refractivity contribution is 0.0800. The molecule has 0 aliphatic carbocycles. The van der Waals surface area contributed by atoms with Gasteiger partial charge in [-0.3, -0.25) is 4.98 Å². The van der Waals surface area contributed by atoms with Gasteiger partial charge in [0.1, 0.15) is 5.52 Å². The summed E-state index contributed by atoms with van der Waals surface area (Å²) in [6.07, 6.45) is 2.19. The molecule has 2 aromatic rings. The minimum absolute atomic E-state index is 0.483. The number of nitrogens with zero attached hydrogens (tertiary/aromatic N) is 4. The van der Waals surface area contributed by atoms with Crippen LogP contribution in [0.3, 0.4) is 0 Å². The highest BCUT2D eigenvalue weighted by atomic mass is 16.3. The minimum atomic E-state index is -0.790. The Labute approximate surface area is 125 Å². The first-order valence-electron chi connectivity index (χ1n) is 7.12. The second-order valence-electron chi connectivity index (χ2n) is 5.81. The van der Waals surface area contributed by atoms with Crippen LogP contribution < -0.4 is 10.2 Å². The number of fused-ring (bicyclic) bond motifs is 1. The highest BCUT2D eigenvalue weighted by Gasteiger charge is 2.16. The minimum Gasteiger partial charge on any atom is -0.390 e. The summed E-state index contributed by atoms with van der Waals surface area (Å²) in [6, 6.07) is 1.90. The monoisotopic (exact) mass is 289 g/mol. The fraction of sp³-hybridized carbons (Fsp3) is 0.533. The van der Waals surface area contributed by atoms with Gasteiger partial charge in [0.2, 0.25) is 0 Å². The topological polar surface area (TPSA) is 74.2 Å². The van der Waals surface area contributed by atoms with Gasteiger partial charge in [-0.25, -0.2) is 9.97 Å². The summed E-state index contributed by atoms with van der Waals surface area (Å²) in [5, 5.41) is 13.0. The van der Waals surface area contributed by atoms with Crippen molar-refractivity contribution in [2.75, 3.05) is 30.9 Å². The number of anilines is 2. The van der Waals surface area contributed by atoms with Crippen molar-refractivity contribution in [3.63, 3.8) is 0 Å². The Morgan fingerprint density at radius 1 is 1.29 bits per heavy atom. The van der Waals surface area contributed by atoms with Crippen molar-refractivity contribution in [1.82, 2.24) is 15.0 Å². The second-order valence-corrected chi connectivity index (χ2v) is 5.81. The molecule has 2 rings (SSSR count). The van der Waals surface area contributed by atoms with Gasteiger partial charge in [-0.15, -0.1) is 0 Å². The van der Waals surface area contributed by atoms with Gasteiger partial charge in [0.15, 0.2) is 11.6 Å². The van der Waals surface area contributed by atoms with Gasteiger partial charge in [0.25, 0.3) is 0 Å². The number of nitrogens with one attached hydrogen (secondary N) is 1. The van der Waals surface area contributed by atoms with Crippen molar-refractivity contribution >= 4 is 22.7 Å². The molecule has 6 nitrogen and oxygen atoms in total. The summed E-state index contributed by atoms with van der Waals surface area (Å²) in [4.78, 5) is 15.6. The second kappa shape index (κ2) is 5.81. The van der Waals surface area contributed by atoms with Crippen molar-refractivity contribution < 1.29 is 5.11 Å². The fourth-order valence-corrected chi connectivity index (χ4v) is 2.12. The van der Waals surface area contributed by atoms with Crippen molar-refractivity contribution in [1.29, 1.82) is 0 Å². The first-order valence-corrected chi connectivity index (χ1v) is 7.12. The van der Waals surface area contributed by atoms with Gasteiger partial charge in [0.05, 0.1) is 17.3 Å². The summed E-state index contributed by atoms with van der Waals surface area (Å²) in [6.45, 7) is 6.45. The highest BCUT2D eigenvalue weighted by Crippen LogP contribution is 2.24. The van der Waals surface area contributed by atoms with Gasteiger partial charge >= 0.3 is 0 Å². The van der Waals surface area contributed by atoms with Gasteiger partial charge in [-0.1, -0.05) is 0 Å². The third-order valence-electron chi connectivity index (χ3n) is 3.28. The predicted octanol–water partition coefficient (Wildman–Crippen LogP) is 1.84. The predicted molar refractivity (Wildman–Crippen MR) is 85.8 cm³/mol. The van der Waals surface area contributed by atoms with E-state index in [0.29, 0.717) is 6.42 Å². The maximum Gasteiger partial charge on any atom is 0.172 e. The van der Waals surface area contributed by atoms with Gasteiger partial charge < -0.3 is 15.3 Å². The Morgan fingerprint density at radius 2 is 2.00 bits per heavy atom. The van der Waals surface area contributed by atoms with E-state index in [1.165, 1.54) is 0 Å². The van der Waals surface area contributed by atoms with Crippen molar-refractivity contribution in [3.05, 3.63) is 18.0 Å². The van der Waals surface area contributed by atoms with E-state index >= 15 is 0 Å². The zero-order chi connectivity index (χ0) is 15.6. The molecule has 2 N–H and O–H groups in total. The Balaban J connectivity index is 2.51. The molecule has 0 fully saturated rings. The van der Waals surface area contributed by atoms with E-state index < -0.39 is 5.60 Å². The molecule has 2 aromatic heterocycles. The Bertz CT molecular complexity index is 636. The zero-order valence-corrected chi connectivity index (χ0v) is 13.3. The first kappa shape index (κ1) is 15.4. The quantitative estimate of drug-likeness (QED) is 0.875.